The minimum atomic E-state index is -1.05. The van der Waals surface area contributed by atoms with Crippen LogP contribution in [-0.4, -0.2) is 39.2 Å². The zero-order valence-electron chi connectivity index (χ0n) is 10.8. The van der Waals surface area contributed by atoms with E-state index in [0.717, 1.165) is 12.8 Å². The van der Waals surface area contributed by atoms with Crippen LogP contribution in [0.4, 0.5) is 0 Å². The van der Waals surface area contributed by atoms with Gasteiger partial charge in [0, 0.05) is 6.42 Å². The first-order chi connectivity index (χ1) is 8.54. The first-order valence-corrected chi connectivity index (χ1v) is 5.77. The number of hydrogen-bond acceptors (Lipinski definition) is 6. The van der Waals surface area contributed by atoms with Crippen molar-refractivity contribution < 1.29 is 28.6 Å². The predicted molar refractivity (Wildman–Crippen MR) is 60.4 cm³/mol. The monoisotopic (exact) mass is 258 g/mol. The van der Waals surface area contributed by atoms with Crippen LogP contribution >= 0.6 is 0 Å². The van der Waals surface area contributed by atoms with Crippen molar-refractivity contribution in [2.45, 2.75) is 19.3 Å². The fourth-order valence-corrected chi connectivity index (χ4v) is 2.06. The second-order valence-electron chi connectivity index (χ2n) is 4.31. The maximum absolute atomic E-state index is 11.7. The zero-order valence-corrected chi connectivity index (χ0v) is 10.8. The van der Waals surface area contributed by atoms with E-state index in [-0.39, 0.29) is 12.3 Å². The molecule has 1 rings (SSSR count). The maximum Gasteiger partial charge on any atom is 0.320 e. The summed E-state index contributed by atoms with van der Waals surface area (Å²) in [5.41, 5.74) is 0. The van der Waals surface area contributed by atoms with Gasteiger partial charge in [0.05, 0.1) is 21.3 Å². The molecule has 0 aromatic heterocycles. The molecule has 0 saturated heterocycles. The summed E-state index contributed by atoms with van der Waals surface area (Å²) in [6, 6.07) is 0. The zero-order chi connectivity index (χ0) is 13.7. The van der Waals surface area contributed by atoms with Crippen molar-refractivity contribution in [3.63, 3.8) is 0 Å². The van der Waals surface area contributed by atoms with Gasteiger partial charge in [-0.1, -0.05) is 0 Å². The summed E-state index contributed by atoms with van der Waals surface area (Å²) in [7, 11) is 3.69. The Bertz CT molecular complexity index is 317. The van der Waals surface area contributed by atoms with Crippen molar-refractivity contribution in [3.05, 3.63) is 0 Å². The molecule has 0 aromatic carbocycles. The quantitative estimate of drug-likeness (QED) is 0.393. The lowest BCUT2D eigenvalue weighted by Gasteiger charge is -2.22. The van der Waals surface area contributed by atoms with Crippen LogP contribution in [0.25, 0.3) is 0 Å². The van der Waals surface area contributed by atoms with Crippen molar-refractivity contribution in [1.82, 2.24) is 0 Å². The van der Waals surface area contributed by atoms with Crippen molar-refractivity contribution in [2.24, 2.45) is 17.8 Å². The molecule has 1 aliphatic carbocycles. The molecule has 6 heteroatoms. The third kappa shape index (κ3) is 3.45. The lowest BCUT2D eigenvalue weighted by atomic mass is 9.85. The van der Waals surface area contributed by atoms with Crippen molar-refractivity contribution in [3.8, 4) is 0 Å². The van der Waals surface area contributed by atoms with Crippen LogP contribution in [-0.2, 0) is 28.6 Å². The lowest BCUT2D eigenvalue weighted by molar-refractivity contribution is -0.163. The minimum Gasteiger partial charge on any atom is -0.469 e. The maximum atomic E-state index is 11.7. The summed E-state index contributed by atoms with van der Waals surface area (Å²) in [6.07, 6.45) is 1.81. The van der Waals surface area contributed by atoms with Crippen LogP contribution in [0.15, 0.2) is 0 Å². The van der Waals surface area contributed by atoms with E-state index in [1.807, 2.05) is 0 Å². The molecule has 102 valence electrons. The Kier molecular flexibility index (Phi) is 5.12. The minimum absolute atomic E-state index is 0.0238. The molecular formula is C12H18O6. The fraction of sp³-hybridized carbons (Fsp3) is 0.750. The van der Waals surface area contributed by atoms with Gasteiger partial charge in [-0.05, 0) is 24.7 Å². The van der Waals surface area contributed by atoms with E-state index < -0.39 is 29.7 Å². The molecule has 1 aliphatic rings. The molecular weight excluding hydrogens is 240 g/mol. The van der Waals surface area contributed by atoms with E-state index in [0.29, 0.717) is 0 Å². The van der Waals surface area contributed by atoms with E-state index in [1.165, 1.54) is 21.3 Å². The number of ether oxygens (including phenoxy) is 3. The normalized spacial score (nSPS) is 16.0. The molecule has 18 heavy (non-hydrogen) atoms. The van der Waals surface area contributed by atoms with Gasteiger partial charge in [-0.3, -0.25) is 14.4 Å². The molecule has 1 fully saturated rings. The standard InChI is InChI=1S/C12H18O6/c1-16-9(13)6-8(7-4-5-7)10(11(14)17-2)12(15)18-3/h7-8,10H,4-6H2,1-3H3. The van der Waals surface area contributed by atoms with Crippen LogP contribution in [0, 0.1) is 17.8 Å². The Morgan fingerprint density at radius 3 is 1.83 bits per heavy atom. The molecule has 0 heterocycles. The molecule has 0 spiro atoms. The van der Waals surface area contributed by atoms with Crippen LogP contribution in [0.2, 0.25) is 0 Å². The van der Waals surface area contributed by atoms with Crippen LogP contribution in [0.5, 0.6) is 0 Å². The van der Waals surface area contributed by atoms with Crippen LogP contribution < -0.4 is 0 Å². The van der Waals surface area contributed by atoms with Gasteiger partial charge in [-0.2, -0.15) is 0 Å². The second-order valence-corrected chi connectivity index (χ2v) is 4.31. The summed E-state index contributed by atoms with van der Waals surface area (Å²) >= 11 is 0. The topological polar surface area (TPSA) is 78.9 Å². The van der Waals surface area contributed by atoms with Crippen molar-refractivity contribution in [2.75, 3.05) is 21.3 Å². The average molecular weight is 258 g/mol. The first-order valence-electron chi connectivity index (χ1n) is 5.77. The largest absolute Gasteiger partial charge is 0.469 e. The summed E-state index contributed by atoms with van der Waals surface area (Å²) in [5.74, 6) is -3.05. The highest BCUT2D eigenvalue weighted by Crippen LogP contribution is 2.43. The van der Waals surface area contributed by atoms with E-state index in [9.17, 15) is 14.4 Å². The Morgan fingerprint density at radius 2 is 1.50 bits per heavy atom. The molecule has 0 aliphatic heterocycles. The number of rotatable bonds is 6. The average Bonchev–Trinajstić information content (AvgIpc) is 3.21. The Labute approximate surface area is 106 Å². The van der Waals surface area contributed by atoms with Gasteiger partial charge < -0.3 is 14.2 Å². The summed E-state index contributed by atoms with van der Waals surface area (Å²) < 4.78 is 13.8. The highest BCUT2D eigenvalue weighted by atomic mass is 16.5. The van der Waals surface area contributed by atoms with E-state index in [2.05, 4.69) is 14.2 Å². The molecule has 0 N–H and O–H groups in total. The third-order valence-corrected chi connectivity index (χ3v) is 3.20. The first kappa shape index (κ1) is 14.5. The molecule has 1 saturated carbocycles. The van der Waals surface area contributed by atoms with E-state index in [4.69, 9.17) is 0 Å². The number of carbonyl (C=O) groups is 3. The Hall–Kier alpha value is -1.59. The van der Waals surface area contributed by atoms with E-state index >= 15 is 0 Å². The summed E-state index contributed by atoms with van der Waals surface area (Å²) in [5, 5.41) is 0. The molecule has 1 atom stereocenters. The lowest BCUT2D eigenvalue weighted by Crippen LogP contribution is -2.35. The highest BCUT2D eigenvalue weighted by Gasteiger charge is 2.46. The number of methoxy groups -OCH3 is 3. The molecule has 0 amide bonds. The van der Waals surface area contributed by atoms with Gasteiger partial charge in [0.25, 0.3) is 0 Å². The fourth-order valence-electron chi connectivity index (χ4n) is 2.06. The SMILES string of the molecule is COC(=O)CC(C1CC1)C(C(=O)OC)C(=O)OC. The molecule has 0 bridgehead atoms. The van der Waals surface area contributed by atoms with Gasteiger partial charge in [0.1, 0.15) is 0 Å². The summed E-state index contributed by atoms with van der Waals surface area (Å²) in [4.78, 5) is 34.7. The van der Waals surface area contributed by atoms with Gasteiger partial charge in [0.15, 0.2) is 5.92 Å². The molecule has 6 nitrogen and oxygen atoms in total. The van der Waals surface area contributed by atoms with Crippen LogP contribution in [0.3, 0.4) is 0 Å². The van der Waals surface area contributed by atoms with Crippen molar-refractivity contribution in [1.29, 1.82) is 0 Å². The molecule has 0 radical (unpaired) electrons. The second kappa shape index (κ2) is 6.37. The van der Waals surface area contributed by atoms with Gasteiger partial charge in [0.2, 0.25) is 0 Å². The summed E-state index contributed by atoms with van der Waals surface area (Å²) in [6.45, 7) is 0. The van der Waals surface area contributed by atoms with Crippen molar-refractivity contribution >= 4 is 17.9 Å². The molecule has 0 aromatic rings. The number of hydrogen-bond donors (Lipinski definition) is 0. The van der Waals surface area contributed by atoms with Gasteiger partial charge in [-0.15, -0.1) is 0 Å². The smallest absolute Gasteiger partial charge is 0.320 e. The Morgan fingerprint density at radius 1 is 1.00 bits per heavy atom. The van der Waals surface area contributed by atoms with Gasteiger partial charge >= 0.3 is 17.9 Å². The molecule has 1 unspecified atom stereocenters. The highest BCUT2D eigenvalue weighted by molar-refractivity contribution is 5.95. The van der Waals surface area contributed by atoms with Gasteiger partial charge in [-0.25, -0.2) is 0 Å². The predicted octanol–water partition coefficient (Wildman–Crippen LogP) is 0.538. The number of carbonyl (C=O) groups excluding carboxylic acids is 3. The van der Waals surface area contributed by atoms with E-state index in [1.54, 1.807) is 0 Å². The number of esters is 3. The van der Waals surface area contributed by atoms with Crippen LogP contribution in [0.1, 0.15) is 19.3 Å². The Balaban J connectivity index is 2.86. The third-order valence-electron chi connectivity index (χ3n) is 3.20.